The van der Waals surface area contributed by atoms with Gasteiger partial charge in [0, 0.05) is 11.8 Å². The first-order chi connectivity index (χ1) is 5.67. The van der Waals surface area contributed by atoms with E-state index in [-0.39, 0.29) is 6.42 Å². The second kappa shape index (κ2) is 3.84. The molecule has 0 fully saturated rings. The first-order valence-electron chi connectivity index (χ1n) is 4.43. The second-order valence-corrected chi connectivity index (χ2v) is 3.71. The quantitative estimate of drug-likeness (QED) is 0.602. The van der Waals surface area contributed by atoms with Crippen LogP contribution in [-0.2, 0) is 0 Å². The van der Waals surface area contributed by atoms with Crippen molar-refractivity contribution in [1.29, 1.82) is 0 Å². The van der Waals surface area contributed by atoms with Crippen LogP contribution in [0, 0.1) is 11.8 Å². The summed E-state index contributed by atoms with van der Waals surface area (Å²) >= 11 is 0. The zero-order valence-corrected chi connectivity index (χ0v) is 8.37. The zero-order chi connectivity index (χ0) is 10.9. The Morgan fingerprint density at radius 3 is 1.54 bits per heavy atom. The topological polar surface area (TPSA) is 0 Å². The van der Waals surface area contributed by atoms with Crippen LogP contribution in [-0.4, -0.2) is 11.8 Å². The summed E-state index contributed by atoms with van der Waals surface area (Å²) in [7, 11) is 0. The predicted octanol–water partition coefficient (Wildman–Crippen LogP) is 3.96. The SMILES string of the molecule is CCC(C)C(F)(F)C(F)(F)C(C)C. The Kier molecular flexibility index (Phi) is 3.76. The van der Waals surface area contributed by atoms with Gasteiger partial charge in [0.15, 0.2) is 0 Å². The Bertz CT molecular complexity index is 163. The van der Waals surface area contributed by atoms with E-state index in [4.69, 9.17) is 0 Å². The van der Waals surface area contributed by atoms with Gasteiger partial charge in [-0.1, -0.05) is 27.7 Å². The van der Waals surface area contributed by atoms with Crippen LogP contribution in [0.5, 0.6) is 0 Å². The summed E-state index contributed by atoms with van der Waals surface area (Å²) in [6.45, 7) is 4.85. The van der Waals surface area contributed by atoms with Crippen LogP contribution in [0.2, 0.25) is 0 Å². The molecule has 0 bridgehead atoms. The molecule has 0 aromatic heterocycles. The molecule has 0 heterocycles. The third-order valence-corrected chi connectivity index (χ3v) is 2.40. The van der Waals surface area contributed by atoms with Gasteiger partial charge in [0.25, 0.3) is 0 Å². The number of hydrogen-bond acceptors (Lipinski definition) is 0. The molecular formula is C9H16F4. The van der Waals surface area contributed by atoms with Crippen LogP contribution in [0.4, 0.5) is 17.6 Å². The van der Waals surface area contributed by atoms with Crippen LogP contribution >= 0.6 is 0 Å². The minimum atomic E-state index is -3.91. The lowest BCUT2D eigenvalue weighted by Gasteiger charge is -2.33. The molecule has 0 spiro atoms. The predicted molar refractivity (Wildman–Crippen MR) is 44.2 cm³/mol. The van der Waals surface area contributed by atoms with E-state index in [1.54, 1.807) is 0 Å². The van der Waals surface area contributed by atoms with E-state index in [0.717, 1.165) is 20.8 Å². The number of halogens is 4. The lowest BCUT2D eigenvalue weighted by atomic mass is 9.89. The summed E-state index contributed by atoms with van der Waals surface area (Å²) in [5.74, 6) is -10.4. The van der Waals surface area contributed by atoms with Gasteiger partial charge in [-0.2, -0.15) is 17.6 Å². The van der Waals surface area contributed by atoms with Crippen molar-refractivity contribution in [1.82, 2.24) is 0 Å². The minimum Gasteiger partial charge on any atom is -0.200 e. The molecule has 13 heavy (non-hydrogen) atoms. The average molecular weight is 200 g/mol. The highest BCUT2D eigenvalue weighted by molar-refractivity contribution is 4.90. The molecular weight excluding hydrogens is 184 g/mol. The summed E-state index contributed by atoms with van der Waals surface area (Å²) in [6.07, 6.45) is 0.0509. The third kappa shape index (κ3) is 2.15. The van der Waals surface area contributed by atoms with Gasteiger partial charge in [-0.15, -0.1) is 0 Å². The molecule has 0 saturated carbocycles. The van der Waals surface area contributed by atoms with Crippen molar-refractivity contribution in [2.75, 3.05) is 0 Å². The van der Waals surface area contributed by atoms with Crippen molar-refractivity contribution >= 4 is 0 Å². The van der Waals surface area contributed by atoms with Gasteiger partial charge >= 0.3 is 11.8 Å². The maximum atomic E-state index is 13.1. The molecule has 0 N–H and O–H groups in total. The number of rotatable bonds is 4. The van der Waals surface area contributed by atoms with Crippen LogP contribution in [0.3, 0.4) is 0 Å². The summed E-state index contributed by atoms with van der Waals surface area (Å²) in [5.41, 5.74) is 0. The van der Waals surface area contributed by atoms with E-state index < -0.39 is 23.7 Å². The zero-order valence-electron chi connectivity index (χ0n) is 8.37. The molecule has 0 nitrogen and oxygen atoms in total. The van der Waals surface area contributed by atoms with E-state index in [0.29, 0.717) is 0 Å². The van der Waals surface area contributed by atoms with Crippen molar-refractivity contribution in [2.45, 2.75) is 46.0 Å². The van der Waals surface area contributed by atoms with Crippen LogP contribution in [0.25, 0.3) is 0 Å². The summed E-state index contributed by atoms with van der Waals surface area (Å²) in [6, 6.07) is 0. The Balaban J connectivity index is 4.80. The molecule has 0 aromatic carbocycles. The molecule has 0 amide bonds. The molecule has 0 aliphatic rings. The normalized spacial score (nSPS) is 16.4. The van der Waals surface area contributed by atoms with Crippen LogP contribution in [0.1, 0.15) is 34.1 Å². The number of alkyl halides is 4. The highest BCUT2D eigenvalue weighted by Gasteiger charge is 2.60. The second-order valence-electron chi connectivity index (χ2n) is 3.71. The van der Waals surface area contributed by atoms with Crippen molar-refractivity contribution in [3.63, 3.8) is 0 Å². The lowest BCUT2D eigenvalue weighted by molar-refractivity contribution is -0.253. The van der Waals surface area contributed by atoms with E-state index in [9.17, 15) is 17.6 Å². The standard InChI is InChI=1S/C9H16F4/c1-5-7(4)9(12,13)8(10,11)6(2)3/h6-7H,5H2,1-4H3. The Labute approximate surface area is 76.3 Å². The molecule has 0 aliphatic heterocycles. The molecule has 0 aromatic rings. The monoisotopic (exact) mass is 200 g/mol. The van der Waals surface area contributed by atoms with Gasteiger partial charge in [-0.05, 0) is 6.42 Å². The average Bonchev–Trinajstić information content (AvgIpc) is 2.02. The van der Waals surface area contributed by atoms with Gasteiger partial charge in [-0.25, -0.2) is 0 Å². The van der Waals surface area contributed by atoms with E-state index >= 15 is 0 Å². The summed E-state index contributed by atoms with van der Waals surface area (Å²) < 4.78 is 52.2. The molecule has 0 saturated heterocycles. The van der Waals surface area contributed by atoms with Gasteiger partial charge in [0.2, 0.25) is 0 Å². The van der Waals surface area contributed by atoms with Crippen molar-refractivity contribution in [3.05, 3.63) is 0 Å². The number of hydrogen-bond donors (Lipinski definition) is 0. The van der Waals surface area contributed by atoms with Crippen molar-refractivity contribution in [3.8, 4) is 0 Å². The van der Waals surface area contributed by atoms with Crippen molar-refractivity contribution < 1.29 is 17.6 Å². The molecule has 1 unspecified atom stereocenters. The first-order valence-corrected chi connectivity index (χ1v) is 4.43. The Morgan fingerprint density at radius 1 is 0.923 bits per heavy atom. The molecule has 4 heteroatoms. The molecule has 80 valence electrons. The van der Waals surface area contributed by atoms with E-state index in [1.807, 2.05) is 0 Å². The van der Waals surface area contributed by atoms with Gasteiger partial charge in [0.05, 0.1) is 0 Å². The highest BCUT2D eigenvalue weighted by Crippen LogP contribution is 2.45. The highest BCUT2D eigenvalue weighted by atomic mass is 19.3. The third-order valence-electron chi connectivity index (χ3n) is 2.40. The molecule has 0 aliphatic carbocycles. The van der Waals surface area contributed by atoms with Crippen molar-refractivity contribution in [2.24, 2.45) is 11.8 Å². The summed E-state index contributed by atoms with van der Waals surface area (Å²) in [4.78, 5) is 0. The Hall–Kier alpha value is -0.280. The smallest absolute Gasteiger partial charge is 0.200 e. The van der Waals surface area contributed by atoms with Gasteiger partial charge < -0.3 is 0 Å². The van der Waals surface area contributed by atoms with Gasteiger partial charge in [0.1, 0.15) is 0 Å². The molecule has 1 atom stereocenters. The van der Waals surface area contributed by atoms with Crippen LogP contribution in [0.15, 0.2) is 0 Å². The van der Waals surface area contributed by atoms with E-state index in [1.165, 1.54) is 6.92 Å². The fourth-order valence-electron chi connectivity index (χ4n) is 0.970. The van der Waals surface area contributed by atoms with Crippen LogP contribution < -0.4 is 0 Å². The first kappa shape index (κ1) is 12.7. The summed E-state index contributed by atoms with van der Waals surface area (Å²) in [5, 5.41) is 0. The largest absolute Gasteiger partial charge is 0.312 e. The molecule has 0 rings (SSSR count). The maximum absolute atomic E-state index is 13.1. The molecule has 0 radical (unpaired) electrons. The van der Waals surface area contributed by atoms with E-state index in [2.05, 4.69) is 0 Å². The maximum Gasteiger partial charge on any atom is 0.312 e. The lowest BCUT2D eigenvalue weighted by Crippen LogP contribution is -2.48. The van der Waals surface area contributed by atoms with Gasteiger partial charge in [-0.3, -0.25) is 0 Å². The Morgan fingerprint density at radius 2 is 1.31 bits per heavy atom. The minimum absolute atomic E-state index is 0.0509. The fourth-order valence-corrected chi connectivity index (χ4v) is 0.970. The fraction of sp³-hybridized carbons (Fsp3) is 1.00.